The Morgan fingerprint density at radius 1 is 1.50 bits per heavy atom. The molecule has 0 aromatic heterocycles. The van der Waals surface area contributed by atoms with Crippen LogP contribution in [0.15, 0.2) is 0 Å². The number of amides is 3. The van der Waals surface area contributed by atoms with Crippen LogP contribution >= 0.6 is 0 Å². The normalized spacial score (nSPS) is 24.4. The molecule has 1 rings (SSSR count). The van der Waals surface area contributed by atoms with Gasteiger partial charge in [-0.25, -0.2) is 4.79 Å². The summed E-state index contributed by atoms with van der Waals surface area (Å²) in [6, 6.07) is -0.738. The van der Waals surface area contributed by atoms with Gasteiger partial charge < -0.3 is 9.69 Å². The summed E-state index contributed by atoms with van der Waals surface area (Å²) in [7, 11) is 1.58. The van der Waals surface area contributed by atoms with Crippen molar-refractivity contribution in [2.45, 2.75) is 19.9 Å². The average molecular weight is 198 g/mol. The first-order chi connectivity index (χ1) is 6.49. The van der Waals surface area contributed by atoms with Crippen molar-refractivity contribution in [3.05, 3.63) is 0 Å². The monoisotopic (exact) mass is 198 g/mol. The van der Waals surface area contributed by atoms with Crippen molar-refractivity contribution >= 4 is 18.2 Å². The molecular weight excluding hydrogens is 184 g/mol. The Morgan fingerprint density at radius 2 is 2.07 bits per heavy atom. The number of carbonyl (C=O) groups is 3. The third kappa shape index (κ3) is 1.62. The first-order valence-corrected chi connectivity index (χ1v) is 4.52. The molecule has 1 aliphatic heterocycles. The smallest absolute Gasteiger partial charge is 0.316 e. The van der Waals surface area contributed by atoms with Crippen LogP contribution in [0.25, 0.3) is 0 Å². The topological polar surface area (TPSA) is 57.7 Å². The fraction of sp³-hybridized carbons (Fsp3) is 0.667. The quantitative estimate of drug-likeness (QED) is 0.477. The molecule has 1 saturated heterocycles. The fourth-order valence-corrected chi connectivity index (χ4v) is 1.34. The highest BCUT2D eigenvalue weighted by Gasteiger charge is 2.40. The van der Waals surface area contributed by atoms with E-state index < -0.39 is 6.04 Å². The number of hydrogen-bond donors (Lipinski definition) is 0. The maximum Gasteiger partial charge on any atom is 0.327 e. The highest BCUT2D eigenvalue weighted by Crippen LogP contribution is 2.15. The van der Waals surface area contributed by atoms with E-state index in [2.05, 4.69) is 0 Å². The number of likely N-dealkylation sites (N-methyl/N-ethyl adjacent to an activating group) is 1. The van der Waals surface area contributed by atoms with E-state index in [9.17, 15) is 14.4 Å². The molecular formula is C9H14N2O3. The molecule has 0 aromatic carbocycles. The largest absolute Gasteiger partial charge is 0.327 e. The summed E-state index contributed by atoms with van der Waals surface area (Å²) in [4.78, 5) is 35.9. The van der Waals surface area contributed by atoms with Crippen LogP contribution in [-0.2, 0) is 9.59 Å². The number of urea groups is 1. The molecule has 0 bridgehead atoms. The standard InChI is InChI=1S/C9H14N2O3/c1-6(5-12)4-11-8(13)7(2)10(3)9(11)14/h5-7H,4H2,1-3H3. The van der Waals surface area contributed by atoms with Gasteiger partial charge in [0, 0.05) is 19.5 Å². The number of rotatable bonds is 3. The highest BCUT2D eigenvalue weighted by molar-refractivity contribution is 6.03. The second-order valence-corrected chi connectivity index (χ2v) is 3.63. The average Bonchev–Trinajstić information content (AvgIpc) is 2.35. The van der Waals surface area contributed by atoms with Gasteiger partial charge in [0.2, 0.25) is 0 Å². The predicted octanol–water partition coefficient (Wildman–Crippen LogP) is 0.104. The lowest BCUT2D eigenvalue weighted by Gasteiger charge is -2.15. The lowest BCUT2D eigenvalue weighted by molar-refractivity contribution is -0.128. The first-order valence-electron chi connectivity index (χ1n) is 4.52. The van der Waals surface area contributed by atoms with Crippen LogP contribution in [-0.4, -0.2) is 47.7 Å². The minimum Gasteiger partial charge on any atom is -0.316 e. The van der Waals surface area contributed by atoms with Gasteiger partial charge >= 0.3 is 6.03 Å². The molecule has 0 aromatic rings. The van der Waals surface area contributed by atoms with Gasteiger partial charge in [0.15, 0.2) is 0 Å². The van der Waals surface area contributed by atoms with Crippen LogP contribution < -0.4 is 0 Å². The summed E-state index contributed by atoms with van der Waals surface area (Å²) in [5.74, 6) is -0.534. The molecule has 78 valence electrons. The van der Waals surface area contributed by atoms with Gasteiger partial charge in [-0.3, -0.25) is 9.69 Å². The lowest BCUT2D eigenvalue weighted by atomic mass is 10.2. The van der Waals surface area contributed by atoms with E-state index in [4.69, 9.17) is 0 Å². The summed E-state index contributed by atoms with van der Waals surface area (Å²) in [6.07, 6.45) is 0.740. The van der Waals surface area contributed by atoms with Crippen molar-refractivity contribution in [1.29, 1.82) is 0 Å². The van der Waals surface area contributed by atoms with Gasteiger partial charge in [0.1, 0.15) is 12.3 Å². The van der Waals surface area contributed by atoms with Gasteiger partial charge in [0.05, 0.1) is 0 Å². The van der Waals surface area contributed by atoms with Crippen molar-refractivity contribution in [3.8, 4) is 0 Å². The van der Waals surface area contributed by atoms with Crippen LogP contribution in [0.1, 0.15) is 13.8 Å². The van der Waals surface area contributed by atoms with Gasteiger partial charge in [-0.05, 0) is 6.92 Å². The minimum atomic E-state index is -0.415. The molecule has 0 N–H and O–H groups in total. The van der Waals surface area contributed by atoms with Crippen molar-refractivity contribution in [2.75, 3.05) is 13.6 Å². The highest BCUT2D eigenvalue weighted by atomic mass is 16.2. The maximum absolute atomic E-state index is 11.5. The van der Waals surface area contributed by atoms with Crippen LogP contribution in [0.2, 0.25) is 0 Å². The molecule has 14 heavy (non-hydrogen) atoms. The Kier molecular flexibility index (Phi) is 2.88. The van der Waals surface area contributed by atoms with E-state index in [0.717, 1.165) is 11.2 Å². The summed E-state index contributed by atoms with van der Waals surface area (Å²) in [6.45, 7) is 3.53. The molecule has 5 nitrogen and oxygen atoms in total. The molecule has 1 heterocycles. The minimum absolute atomic E-state index is 0.176. The maximum atomic E-state index is 11.5. The Labute approximate surface area is 82.7 Å². The number of imide groups is 1. The van der Waals surface area contributed by atoms with Crippen molar-refractivity contribution in [1.82, 2.24) is 9.80 Å². The SMILES string of the molecule is CC(C=O)CN1C(=O)C(C)N(C)C1=O. The predicted molar refractivity (Wildman–Crippen MR) is 49.6 cm³/mol. The Morgan fingerprint density at radius 3 is 2.43 bits per heavy atom. The molecule has 0 saturated carbocycles. The molecule has 0 radical (unpaired) electrons. The lowest BCUT2D eigenvalue weighted by Crippen LogP contribution is -2.35. The van der Waals surface area contributed by atoms with Gasteiger partial charge in [-0.15, -0.1) is 0 Å². The summed E-state index contributed by atoms with van der Waals surface area (Å²) >= 11 is 0. The van der Waals surface area contributed by atoms with E-state index in [-0.39, 0.29) is 24.4 Å². The number of aldehydes is 1. The second-order valence-electron chi connectivity index (χ2n) is 3.63. The first kappa shape index (κ1) is 10.7. The van der Waals surface area contributed by atoms with Crippen molar-refractivity contribution in [2.24, 2.45) is 5.92 Å². The number of carbonyl (C=O) groups excluding carboxylic acids is 3. The Hall–Kier alpha value is -1.39. The van der Waals surface area contributed by atoms with Gasteiger partial charge in [-0.1, -0.05) is 6.92 Å². The third-order valence-corrected chi connectivity index (χ3v) is 2.44. The summed E-state index contributed by atoms with van der Waals surface area (Å²) in [5, 5.41) is 0. The molecule has 3 amide bonds. The zero-order valence-electron chi connectivity index (χ0n) is 8.56. The molecule has 2 atom stereocenters. The third-order valence-electron chi connectivity index (χ3n) is 2.44. The van der Waals surface area contributed by atoms with Crippen LogP contribution in [0.4, 0.5) is 4.79 Å². The van der Waals surface area contributed by atoms with Gasteiger partial charge in [0.25, 0.3) is 5.91 Å². The zero-order chi connectivity index (χ0) is 10.9. The van der Waals surface area contributed by atoms with E-state index in [0.29, 0.717) is 0 Å². The second kappa shape index (κ2) is 3.77. The molecule has 1 fully saturated rings. The summed E-state index contributed by atoms with van der Waals surface area (Å²) < 4.78 is 0. The van der Waals surface area contributed by atoms with Gasteiger partial charge in [-0.2, -0.15) is 0 Å². The van der Waals surface area contributed by atoms with E-state index >= 15 is 0 Å². The van der Waals surface area contributed by atoms with Crippen LogP contribution in [0, 0.1) is 5.92 Å². The Bertz CT molecular complexity index is 257. The molecule has 0 spiro atoms. The van der Waals surface area contributed by atoms with E-state index in [1.165, 1.54) is 4.90 Å². The van der Waals surface area contributed by atoms with E-state index in [1.807, 2.05) is 0 Å². The number of nitrogens with zero attached hydrogens (tertiary/aromatic N) is 2. The number of hydrogen-bond acceptors (Lipinski definition) is 3. The Balaban J connectivity index is 2.75. The van der Waals surface area contributed by atoms with Crippen LogP contribution in [0.3, 0.4) is 0 Å². The van der Waals surface area contributed by atoms with Crippen molar-refractivity contribution < 1.29 is 14.4 Å². The van der Waals surface area contributed by atoms with Crippen LogP contribution in [0.5, 0.6) is 0 Å². The molecule has 5 heteroatoms. The van der Waals surface area contributed by atoms with Crippen molar-refractivity contribution in [3.63, 3.8) is 0 Å². The summed E-state index contributed by atoms with van der Waals surface area (Å²) in [5.41, 5.74) is 0. The molecule has 2 unspecified atom stereocenters. The zero-order valence-corrected chi connectivity index (χ0v) is 8.56. The molecule has 0 aliphatic carbocycles. The molecule has 1 aliphatic rings. The fourth-order valence-electron chi connectivity index (χ4n) is 1.34. The van der Waals surface area contributed by atoms with E-state index in [1.54, 1.807) is 20.9 Å².